The standard InChI is InChI=1S/C24H45Br2NO8/c25-9-5-1-3-7-23(29)27(24(30)8-4-2-6-10-26)11-13-31-15-17-33-19-21-35-22-20-34-18-16-32-14-12-28/h28H,1-22H2. The summed E-state index contributed by atoms with van der Waals surface area (Å²) in [4.78, 5) is 26.6. The molecule has 0 saturated carbocycles. The van der Waals surface area contributed by atoms with Crippen LogP contribution in [0, 0.1) is 0 Å². The van der Waals surface area contributed by atoms with Gasteiger partial charge in [-0.25, -0.2) is 0 Å². The number of carbonyl (C=O) groups excluding carboxylic acids is 2. The molecule has 35 heavy (non-hydrogen) atoms. The first-order valence-corrected chi connectivity index (χ1v) is 14.9. The van der Waals surface area contributed by atoms with Gasteiger partial charge in [0.25, 0.3) is 0 Å². The molecule has 0 atom stereocenters. The number of aliphatic hydroxyl groups is 1. The zero-order chi connectivity index (χ0) is 25.8. The van der Waals surface area contributed by atoms with Gasteiger partial charge < -0.3 is 28.8 Å². The highest BCUT2D eigenvalue weighted by molar-refractivity contribution is 9.09. The molecule has 9 nitrogen and oxygen atoms in total. The Bertz CT molecular complexity index is 464. The van der Waals surface area contributed by atoms with Crippen LogP contribution < -0.4 is 0 Å². The van der Waals surface area contributed by atoms with Gasteiger partial charge >= 0.3 is 0 Å². The van der Waals surface area contributed by atoms with Gasteiger partial charge in [0, 0.05) is 23.5 Å². The largest absolute Gasteiger partial charge is 0.394 e. The number of rotatable bonds is 27. The summed E-state index contributed by atoms with van der Waals surface area (Å²) in [7, 11) is 0. The number of hydrogen-bond acceptors (Lipinski definition) is 8. The van der Waals surface area contributed by atoms with Gasteiger partial charge in [-0.15, -0.1) is 0 Å². The van der Waals surface area contributed by atoms with Crippen LogP contribution >= 0.6 is 31.9 Å². The Morgan fingerprint density at radius 2 is 0.914 bits per heavy atom. The molecule has 0 radical (unpaired) electrons. The van der Waals surface area contributed by atoms with E-state index in [4.69, 9.17) is 28.8 Å². The van der Waals surface area contributed by atoms with E-state index >= 15 is 0 Å². The number of alkyl halides is 2. The number of unbranched alkanes of at least 4 members (excludes halogenated alkanes) is 4. The molecular formula is C24H45Br2NO8. The van der Waals surface area contributed by atoms with Crippen molar-refractivity contribution in [1.82, 2.24) is 4.90 Å². The molecule has 0 aliphatic heterocycles. The highest BCUT2D eigenvalue weighted by Crippen LogP contribution is 2.09. The van der Waals surface area contributed by atoms with Crippen molar-refractivity contribution in [2.24, 2.45) is 0 Å². The van der Waals surface area contributed by atoms with E-state index in [0.29, 0.717) is 78.9 Å². The molecule has 0 aromatic carbocycles. The first-order valence-electron chi connectivity index (χ1n) is 12.6. The minimum atomic E-state index is -0.108. The highest BCUT2D eigenvalue weighted by atomic mass is 79.9. The monoisotopic (exact) mass is 633 g/mol. The number of amides is 2. The van der Waals surface area contributed by atoms with Gasteiger partial charge in [-0.2, -0.15) is 0 Å². The maximum atomic E-state index is 12.6. The second kappa shape index (κ2) is 28.4. The number of halogens is 2. The fourth-order valence-corrected chi connectivity index (χ4v) is 3.75. The van der Waals surface area contributed by atoms with Crippen LogP contribution in [0.3, 0.4) is 0 Å². The predicted molar refractivity (Wildman–Crippen MR) is 142 cm³/mol. The molecule has 1 N–H and O–H groups in total. The Balaban J connectivity index is 3.87. The molecule has 0 aliphatic rings. The average molecular weight is 635 g/mol. The van der Waals surface area contributed by atoms with E-state index in [-0.39, 0.29) is 25.0 Å². The normalized spacial score (nSPS) is 11.2. The first kappa shape index (κ1) is 34.9. The van der Waals surface area contributed by atoms with Crippen molar-refractivity contribution >= 4 is 43.7 Å². The summed E-state index contributed by atoms with van der Waals surface area (Å²) in [5.74, 6) is -0.215. The number of hydrogen-bond donors (Lipinski definition) is 1. The van der Waals surface area contributed by atoms with E-state index < -0.39 is 0 Å². The van der Waals surface area contributed by atoms with E-state index in [1.54, 1.807) is 0 Å². The SMILES string of the molecule is O=C(CCCCCBr)N(CCOCCOCCOCCOCCOCCO)C(=O)CCCCCBr. The van der Waals surface area contributed by atoms with E-state index in [0.717, 1.165) is 49.2 Å². The smallest absolute Gasteiger partial charge is 0.229 e. The maximum Gasteiger partial charge on any atom is 0.229 e. The molecule has 0 heterocycles. The molecule has 0 fully saturated rings. The lowest BCUT2D eigenvalue weighted by Crippen LogP contribution is -2.39. The summed E-state index contributed by atoms with van der Waals surface area (Å²) in [5, 5.41) is 10.4. The van der Waals surface area contributed by atoms with Crippen molar-refractivity contribution < 1.29 is 38.4 Å². The van der Waals surface area contributed by atoms with E-state index in [9.17, 15) is 9.59 Å². The molecular weight excluding hydrogens is 590 g/mol. The molecule has 0 bridgehead atoms. The Hall–Kier alpha value is -0.140. The average Bonchev–Trinajstić information content (AvgIpc) is 2.86. The molecule has 0 aromatic rings. The van der Waals surface area contributed by atoms with E-state index in [1.807, 2.05) is 0 Å². The topological polar surface area (TPSA) is 104 Å². The third-order valence-corrected chi connectivity index (χ3v) is 5.96. The number of imide groups is 1. The van der Waals surface area contributed by atoms with Gasteiger partial charge in [0.15, 0.2) is 0 Å². The molecule has 0 saturated heterocycles. The lowest BCUT2D eigenvalue weighted by Gasteiger charge is -2.21. The van der Waals surface area contributed by atoms with Gasteiger partial charge in [0.2, 0.25) is 11.8 Å². The third-order valence-electron chi connectivity index (χ3n) is 4.83. The lowest BCUT2D eigenvalue weighted by atomic mass is 10.1. The van der Waals surface area contributed by atoms with Crippen molar-refractivity contribution in [3.05, 3.63) is 0 Å². The maximum absolute atomic E-state index is 12.6. The zero-order valence-electron chi connectivity index (χ0n) is 21.1. The molecule has 2 amide bonds. The van der Waals surface area contributed by atoms with Crippen LogP contribution in [0.1, 0.15) is 51.4 Å². The summed E-state index contributed by atoms with van der Waals surface area (Å²) in [5.41, 5.74) is 0. The lowest BCUT2D eigenvalue weighted by molar-refractivity contribution is -0.146. The summed E-state index contributed by atoms with van der Waals surface area (Å²) in [6.45, 7) is 4.54. The number of aliphatic hydroxyl groups excluding tert-OH is 1. The quantitative estimate of drug-likeness (QED) is 0.108. The van der Waals surface area contributed by atoms with Gasteiger partial charge in [0.05, 0.1) is 79.2 Å². The van der Waals surface area contributed by atoms with Crippen molar-refractivity contribution in [1.29, 1.82) is 0 Å². The van der Waals surface area contributed by atoms with Crippen LogP contribution in [0.15, 0.2) is 0 Å². The van der Waals surface area contributed by atoms with Crippen molar-refractivity contribution in [2.75, 3.05) is 89.9 Å². The van der Waals surface area contributed by atoms with Gasteiger partial charge in [0.1, 0.15) is 0 Å². The summed E-state index contributed by atoms with van der Waals surface area (Å²) < 4.78 is 26.9. The number of carbonyl (C=O) groups is 2. The van der Waals surface area contributed by atoms with Crippen molar-refractivity contribution in [3.63, 3.8) is 0 Å². The third kappa shape index (κ3) is 24.0. The minimum absolute atomic E-state index is 0.0158. The zero-order valence-corrected chi connectivity index (χ0v) is 24.2. The Morgan fingerprint density at radius 1 is 0.543 bits per heavy atom. The summed E-state index contributed by atoms with van der Waals surface area (Å²) in [6.07, 6.45) is 6.36. The van der Waals surface area contributed by atoms with Crippen LogP contribution in [-0.2, 0) is 33.3 Å². The van der Waals surface area contributed by atoms with Crippen LogP contribution in [-0.4, -0.2) is 112 Å². The Labute approximate surface area is 227 Å². The predicted octanol–water partition coefficient (Wildman–Crippen LogP) is 3.33. The fourth-order valence-electron chi connectivity index (χ4n) is 2.96. The van der Waals surface area contributed by atoms with Crippen molar-refractivity contribution in [3.8, 4) is 0 Å². The minimum Gasteiger partial charge on any atom is -0.394 e. The van der Waals surface area contributed by atoms with Gasteiger partial charge in [-0.05, 0) is 25.7 Å². The summed E-state index contributed by atoms with van der Waals surface area (Å²) in [6, 6.07) is 0. The fraction of sp³-hybridized carbons (Fsp3) is 0.917. The molecule has 0 spiro atoms. The number of ether oxygens (including phenoxy) is 5. The van der Waals surface area contributed by atoms with Gasteiger partial charge in [-0.1, -0.05) is 44.7 Å². The van der Waals surface area contributed by atoms with Crippen molar-refractivity contribution in [2.45, 2.75) is 51.4 Å². The van der Waals surface area contributed by atoms with E-state index in [1.165, 1.54) is 4.90 Å². The Morgan fingerprint density at radius 3 is 1.29 bits per heavy atom. The molecule has 0 unspecified atom stereocenters. The molecule has 208 valence electrons. The van der Waals surface area contributed by atoms with Crippen LogP contribution in [0.5, 0.6) is 0 Å². The van der Waals surface area contributed by atoms with E-state index in [2.05, 4.69) is 31.9 Å². The highest BCUT2D eigenvalue weighted by Gasteiger charge is 2.20. The molecule has 0 rings (SSSR count). The second-order valence-electron chi connectivity index (χ2n) is 7.72. The Kier molecular flexibility index (Phi) is 28.3. The molecule has 0 aliphatic carbocycles. The molecule has 11 heteroatoms. The molecule has 0 aromatic heterocycles. The van der Waals surface area contributed by atoms with Crippen LogP contribution in [0.2, 0.25) is 0 Å². The first-order chi connectivity index (χ1) is 17.2. The number of nitrogens with zero attached hydrogens (tertiary/aromatic N) is 1. The summed E-state index contributed by atoms with van der Waals surface area (Å²) >= 11 is 6.80. The second-order valence-corrected chi connectivity index (χ2v) is 9.31. The van der Waals surface area contributed by atoms with Crippen LogP contribution in [0.4, 0.5) is 0 Å². The van der Waals surface area contributed by atoms with Crippen LogP contribution in [0.25, 0.3) is 0 Å². The van der Waals surface area contributed by atoms with Gasteiger partial charge in [-0.3, -0.25) is 14.5 Å².